The molecule has 1 fully saturated rings. The van der Waals surface area contributed by atoms with E-state index in [0.717, 1.165) is 44.2 Å². The van der Waals surface area contributed by atoms with Crippen molar-refractivity contribution in [1.82, 2.24) is 10.9 Å². The molecule has 1 aliphatic carbocycles. The summed E-state index contributed by atoms with van der Waals surface area (Å²) in [5, 5.41) is 12.6. The maximum atomic E-state index is 11.6. The third kappa shape index (κ3) is 9.18. The first kappa shape index (κ1) is 17.6. The predicted octanol–water partition coefficient (Wildman–Crippen LogP) is 2.66. The van der Waals surface area contributed by atoms with E-state index >= 15 is 0 Å². The third-order valence-electron chi connectivity index (χ3n) is 3.70. The molecule has 2 amide bonds. The average molecular weight is 297 g/mol. The lowest BCUT2D eigenvalue weighted by molar-refractivity contribution is -0.129. The lowest BCUT2D eigenvalue weighted by atomic mass is 10.1. The molecule has 0 aromatic heterocycles. The molecule has 0 radical (unpaired) electrons. The second kappa shape index (κ2) is 11.3. The fourth-order valence-corrected chi connectivity index (χ4v) is 2.43. The molecule has 0 saturated heterocycles. The number of unbranched alkanes of at least 4 members (excludes halogenated alkanes) is 3. The predicted molar refractivity (Wildman–Crippen MR) is 80.9 cm³/mol. The molecule has 0 aromatic carbocycles. The lowest BCUT2D eigenvalue weighted by Crippen LogP contribution is -2.19. The number of carbonyl (C=O) groups is 2. The quantitative estimate of drug-likeness (QED) is 0.278. The highest BCUT2D eigenvalue weighted by Crippen LogP contribution is 2.14. The Kier molecular flexibility index (Phi) is 9.44. The Labute approximate surface area is 126 Å². The molecule has 21 heavy (non-hydrogen) atoms. The summed E-state index contributed by atoms with van der Waals surface area (Å²) in [5.41, 5.74) is 5.38. The van der Waals surface area contributed by atoms with Gasteiger partial charge in [-0.25, -0.2) is 10.9 Å². The van der Waals surface area contributed by atoms with Crippen molar-refractivity contribution in [2.45, 2.75) is 77.0 Å². The Bertz CT molecular complexity index is 346. The van der Waals surface area contributed by atoms with Crippen LogP contribution in [0.15, 0.2) is 5.10 Å². The van der Waals surface area contributed by atoms with Crippen molar-refractivity contribution in [3.05, 3.63) is 0 Å². The van der Waals surface area contributed by atoms with Crippen molar-refractivity contribution in [3.8, 4) is 0 Å². The number of rotatable bonds is 8. The van der Waals surface area contributed by atoms with Gasteiger partial charge in [-0.1, -0.05) is 25.7 Å². The standard InChI is InChI=1S/C15H27N3O3/c19-14(11-7-3-4-8-12-15(20)18-21)17-16-13-9-5-1-2-6-10-13/h21H,1-12H2,(H,17,19)(H,18,20). The second-order valence-corrected chi connectivity index (χ2v) is 5.58. The Balaban J connectivity index is 2.03. The molecule has 6 heteroatoms. The van der Waals surface area contributed by atoms with Gasteiger partial charge >= 0.3 is 0 Å². The Morgan fingerprint density at radius 1 is 0.905 bits per heavy atom. The largest absolute Gasteiger partial charge is 0.289 e. The van der Waals surface area contributed by atoms with Crippen molar-refractivity contribution in [3.63, 3.8) is 0 Å². The molecule has 0 aliphatic heterocycles. The molecule has 3 N–H and O–H groups in total. The molecule has 1 saturated carbocycles. The summed E-state index contributed by atoms with van der Waals surface area (Å²) in [6.45, 7) is 0. The van der Waals surface area contributed by atoms with Crippen LogP contribution in [0.4, 0.5) is 0 Å². The third-order valence-corrected chi connectivity index (χ3v) is 3.70. The van der Waals surface area contributed by atoms with E-state index < -0.39 is 0 Å². The van der Waals surface area contributed by atoms with Crippen LogP contribution in [0.25, 0.3) is 0 Å². The second-order valence-electron chi connectivity index (χ2n) is 5.58. The van der Waals surface area contributed by atoms with Crippen LogP contribution in [-0.2, 0) is 9.59 Å². The van der Waals surface area contributed by atoms with Gasteiger partial charge in [0.05, 0.1) is 0 Å². The van der Waals surface area contributed by atoms with Crippen LogP contribution >= 0.6 is 0 Å². The van der Waals surface area contributed by atoms with E-state index in [-0.39, 0.29) is 11.8 Å². The summed E-state index contributed by atoms with van der Waals surface area (Å²) in [6.07, 6.45) is 11.0. The fourth-order valence-electron chi connectivity index (χ4n) is 2.43. The number of hydrogen-bond acceptors (Lipinski definition) is 4. The van der Waals surface area contributed by atoms with Gasteiger partial charge in [0.25, 0.3) is 0 Å². The molecule has 0 heterocycles. The number of nitrogens with one attached hydrogen (secondary N) is 2. The van der Waals surface area contributed by atoms with Crippen LogP contribution in [-0.4, -0.2) is 22.7 Å². The molecular weight excluding hydrogens is 270 g/mol. The van der Waals surface area contributed by atoms with Crippen LogP contribution in [0.5, 0.6) is 0 Å². The van der Waals surface area contributed by atoms with Crippen LogP contribution in [0, 0.1) is 0 Å². The fraction of sp³-hybridized carbons (Fsp3) is 0.800. The normalized spacial score (nSPS) is 15.2. The minimum atomic E-state index is -0.355. The summed E-state index contributed by atoms with van der Waals surface area (Å²) in [5.74, 6) is -0.383. The monoisotopic (exact) mass is 297 g/mol. The molecule has 0 spiro atoms. The number of hydroxylamine groups is 1. The Hall–Kier alpha value is -1.43. The van der Waals surface area contributed by atoms with E-state index in [4.69, 9.17) is 5.21 Å². The first-order valence-electron chi connectivity index (χ1n) is 7.99. The SMILES string of the molecule is O=C(CCCCCCC(=O)NN=C1CCCCCC1)NO. The van der Waals surface area contributed by atoms with E-state index in [0.29, 0.717) is 12.8 Å². The van der Waals surface area contributed by atoms with Gasteiger partial charge in [-0.2, -0.15) is 5.10 Å². The van der Waals surface area contributed by atoms with Gasteiger partial charge in [-0.05, 0) is 38.5 Å². The van der Waals surface area contributed by atoms with Gasteiger partial charge in [0.15, 0.2) is 0 Å². The Morgan fingerprint density at radius 2 is 1.48 bits per heavy atom. The zero-order valence-corrected chi connectivity index (χ0v) is 12.7. The van der Waals surface area contributed by atoms with E-state index in [1.54, 1.807) is 5.48 Å². The van der Waals surface area contributed by atoms with E-state index in [2.05, 4.69) is 10.5 Å². The molecule has 1 rings (SSSR count). The van der Waals surface area contributed by atoms with Crippen molar-refractivity contribution in [2.24, 2.45) is 5.10 Å². The summed E-state index contributed by atoms with van der Waals surface area (Å²) in [4.78, 5) is 22.4. The average Bonchev–Trinajstić information content (AvgIpc) is 2.77. The van der Waals surface area contributed by atoms with Gasteiger partial charge in [-0.3, -0.25) is 14.8 Å². The van der Waals surface area contributed by atoms with Gasteiger partial charge in [0.1, 0.15) is 0 Å². The molecule has 120 valence electrons. The molecule has 0 aromatic rings. The number of nitrogens with zero attached hydrogens (tertiary/aromatic N) is 1. The smallest absolute Gasteiger partial charge is 0.243 e. The van der Waals surface area contributed by atoms with Crippen LogP contribution in [0.3, 0.4) is 0 Å². The molecule has 0 atom stereocenters. The minimum Gasteiger partial charge on any atom is -0.289 e. The summed E-state index contributed by atoms with van der Waals surface area (Å²) < 4.78 is 0. The first-order chi connectivity index (χ1) is 10.2. The molecule has 0 bridgehead atoms. The van der Waals surface area contributed by atoms with Crippen molar-refractivity contribution in [2.75, 3.05) is 0 Å². The van der Waals surface area contributed by atoms with E-state index in [1.807, 2.05) is 0 Å². The summed E-state index contributed by atoms with van der Waals surface area (Å²) in [7, 11) is 0. The molecule has 6 nitrogen and oxygen atoms in total. The zero-order valence-electron chi connectivity index (χ0n) is 12.7. The Morgan fingerprint density at radius 3 is 2.05 bits per heavy atom. The number of hydrogen-bond donors (Lipinski definition) is 3. The summed E-state index contributed by atoms with van der Waals surface area (Å²) in [6, 6.07) is 0. The summed E-state index contributed by atoms with van der Waals surface area (Å²) >= 11 is 0. The van der Waals surface area contributed by atoms with Gasteiger partial charge in [0.2, 0.25) is 11.8 Å². The van der Waals surface area contributed by atoms with Gasteiger partial charge < -0.3 is 0 Å². The van der Waals surface area contributed by atoms with Crippen LogP contribution in [0.1, 0.15) is 77.0 Å². The van der Waals surface area contributed by atoms with Crippen molar-refractivity contribution >= 4 is 17.5 Å². The first-order valence-corrected chi connectivity index (χ1v) is 7.99. The molecular formula is C15H27N3O3. The van der Waals surface area contributed by atoms with Crippen LogP contribution in [0.2, 0.25) is 0 Å². The van der Waals surface area contributed by atoms with Gasteiger partial charge in [-0.15, -0.1) is 0 Å². The van der Waals surface area contributed by atoms with Crippen molar-refractivity contribution in [1.29, 1.82) is 0 Å². The topological polar surface area (TPSA) is 90.8 Å². The van der Waals surface area contributed by atoms with Crippen LogP contribution < -0.4 is 10.9 Å². The minimum absolute atomic E-state index is 0.0279. The van der Waals surface area contributed by atoms with Crippen molar-refractivity contribution < 1.29 is 14.8 Å². The van der Waals surface area contributed by atoms with Gasteiger partial charge in [0, 0.05) is 18.6 Å². The molecule has 1 aliphatic rings. The maximum Gasteiger partial charge on any atom is 0.243 e. The van der Waals surface area contributed by atoms with E-state index in [9.17, 15) is 9.59 Å². The highest BCUT2D eigenvalue weighted by atomic mass is 16.5. The highest BCUT2D eigenvalue weighted by Gasteiger charge is 2.06. The number of carbonyl (C=O) groups excluding carboxylic acids is 2. The number of hydrazone groups is 1. The highest BCUT2D eigenvalue weighted by molar-refractivity contribution is 5.86. The maximum absolute atomic E-state index is 11.6. The zero-order chi connectivity index (χ0) is 15.3. The molecule has 0 unspecified atom stereocenters. The number of amides is 2. The lowest BCUT2D eigenvalue weighted by Gasteiger charge is -2.04. The van der Waals surface area contributed by atoms with E-state index in [1.165, 1.54) is 25.7 Å².